The first-order valence-corrected chi connectivity index (χ1v) is 8.89. The Hall–Kier alpha value is -3.22. The van der Waals surface area contributed by atoms with Crippen molar-refractivity contribution in [2.45, 2.75) is 20.3 Å². The summed E-state index contributed by atoms with van der Waals surface area (Å²) in [7, 11) is 2.71. The molecule has 7 nitrogen and oxygen atoms in total. The average molecular weight is 387 g/mol. The van der Waals surface area contributed by atoms with Crippen LogP contribution in [0, 0.1) is 5.92 Å². The lowest BCUT2D eigenvalue weighted by Crippen LogP contribution is -2.13. The molecule has 0 heterocycles. The Kier molecular flexibility index (Phi) is 7.26. The number of anilines is 1. The number of esters is 1. The number of phenolic OH excluding ortho intramolecular Hbond substituents is 1. The molecule has 0 unspecified atom stereocenters. The largest absolute Gasteiger partial charge is 0.505 e. The number of amides is 1. The van der Waals surface area contributed by atoms with Gasteiger partial charge in [-0.1, -0.05) is 19.9 Å². The lowest BCUT2D eigenvalue weighted by atomic mass is 10.1. The van der Waals surface area contributed by atoms with E-state index < -0.39 is 11.9 Å². The van der Waals surface area contributed by atoms with Gasteiger partial charge in [0.1, 0.15) is 5.56 Å². The standard InChI is InChI=1S/C21H25NO6/c1-13(2)10-11-28-17-9-8-14(12-18(17)26-3)20(24)22-16-7-5-6-15(19(16)23)21(25)27-4/h5-9,12-13,23H,10-11H2,1-4H3,(H,22,24). The van der Waals surface area contributed by atoms with Crippen LogP contribution in [0.5, 0.6) is 17.2 Å². The Balaban J connectivity index is 2.17. The van der Waals surface area contributed by atoms with Crippen molar-refractivity contribution in [3.05, 3.63) is 47.5 Å². The number of rotatable bonds is 8. The predicted molar refractivity (Wildman–Crippen MR) is 105 cm³/mol. The van der Waals surface area contributed by atoms with Gasteiger partial charge in [-0.15, -0.1) is 0 Å². The smallest absolute Gasteiger partial charge is 0.341 e. The van der Waals surface area contributed by atoms with Crippen LogP contribution in [0.4, 0.5) is 5.69 Å². The van der Waals surface area contributed by atoms with Gasteiger partial charge in [-0.05, 0) is 42.7 Å². The van der Waals surface area contributed by atoms with Crippen LogP contribution in [-0.2, 0) is 4.74 Å². The van der Waals surface area contributed by atoms with Crippen LogP contribution in [0.15, 0.2) is 36.4 Å². The third-order valence-electron chi connectivity index (χ3n) is 4.07. The van der Waals surface area contributed by atoms with Crippen molar-refractivity contribution in [2.24, 2.45) is 5.92 Å². The first-order valence-electron chi connectivity index (χ1n) is 8.89. The van der Waals surface area contributed by atoms with E-state index in [1.54, 1.807) is 18.2 Å². The van der Waals surface area contributed by atoms with Crippen LogP contribution in [0.2, 0.25) is 0 Å². The third kappa shape index (κ3) is 5.16. The maximum atomic E-state index is 12.6. The molecular formula is C21H25NO6. The molecule has 2 rings (SSSR count). The van der Waals surface area contributed by atoms with Crippen LogP contribution in [-0.4, -0.2) is 37.8 Å². The topological polar surface area (TPSA) is 94.1 Å². The first-order chi connectivity index (χ1) is 13.4. The maximum Gasteiger partial charge on any atom is 0.341 e. The van der Waals surface area contributed by atoms with Gasteiger partial charge in [0.15, 0.2) is 17.2 Å². The van der Waals surface area contributed by atoms with Gasteiger partial charge in [-0.2, -0.15) is 0 Å². The van der Waals surface area contributed by atoms with Gasteiger partial charge in [0, 0.05) is 5.56 Å². The zero-order valence-electron chi connectivity index (χ0n) is 16.4. The van der Waals surface area contributed by atoms with Crippen molar-refractivity contribution in [3.8, 4) is 17.2 Å². The average Bonchev–Trinajstić information content (AvgIpc) is 2.68. The van der Waals surface area contributed by atoms with Crippen LogP contribution in [0.25, 0.3) is 0 Å². The molecule has 0 aromatic heterocycles. The lowest BCUT2D eigenvalue weighted by Gasteiger charge is -2.14. The summed E-state index contributed by atoms with van der Waals surface area (Å²) in [6.07, 6.45) is 0.904. The SMILES string of the molecule is COC(=O)c1cccc(NC(=O)c2ccc(OCCC(C)C)c(OC)c2)c1O. The van der Waals surface area contributed by atoms with Crippen molar-refractivity contribution >= 4 is 17.6 Å². The predicted octanol–water partition coefficient (Wildman–Crippen LogP) is 3.86. The molecule has 0 aliphatic heterocycles. The Morgan fingerprint density at radius 1 is 1.11 bits per heavy atom. The number of carbonyl (C=O) groups is 2. The van der Waals surface area contributed by atoms with Crippen LogP contribution < -0.4 is 14.8 Å². The van der Waals surface area contributed by atoms with Crippen LogP contribution >= 0.6 is 0 Å². The van der Waals surface area contributed by atoms with Gasteiger partial charge in [0.25, 0.3) is 5.91 Å². The Labute approximate surface area is 164 Å². The number of hydrogen-bond donors (Lipinski definition) is 2. The molecule has 0 bridgehead atoms. The summed E-state index contributed by atoms with van der Waals surface area (Å²) in [5, 5.41) is 12.8. The van der Waals surface area contributed by atoms with Crippen molar-refractivity contribution in [3.63, 3.8) is 0 Å². The summed E-state index contributed by atoms with van der Waals surface area (Å²) in [5.74, 6) is -0.0190. The fraction of sp³-hybridized carbons (Fsp3) is 0.333. The van der Waals surface area contributed by atoms with E-state index >= 15 is 0 Å². The van der Waals surface area contributed by atoms with Crippen molar-refractivity contribution < 1.29 is 28.9 Å². The first kappa shape index (κ1) is 21.1. The zero-order chi connectivity index (χ0) is 20.7. The van der Waals surface area contributed by atoms with Gasteiger partial charge in [0.2, 0.25) is 0 Å². The summed E-state index contributed by atoms with van der Waals surface area (Å²) in [6.45, 7) is 4.77. The summed E-state index contributed by atoms with van der Waals surface area (Å²) in [6, 6.07) is 9.25. The minimum Gasteiger partial charge on any atom is -0.505 e. The molecule has 0 aliphatic rings. The molecule has 2 N–H and O–H groups in total. The summed E-state index contributed by atoms with van der Waals surface area (Å²) >= 11 is 0. The molecule has 2 aromatic rings. The minimum atomic E-state index is -0.696. The van der Waals surface area contributed by atoms with E-state index in [-0.39, 0.29) is 17.0 Å². The number of ether oxygens (including phenoxy) is 3. The van der Waals surface area contributed by atoms with E-state index in [9.17, 15) is 14.7 Å². The van der Waals surface area contributed by atoms with E-state index in [0.717, 1.165) is 6.42 Å². The van der Waals surface area contributed by atoms with Crippen molar-refractivity contribution in [2.75, 3.05) is 26.1 Å². The Morgan fingerprint density at radius 2 is 1.86 bits per heavy atom. The number of carbonyl (C=O) groups excluding carboxylic acids is 2. The molecule has 1 amide bonds. The Morgan fingerprint density at radius 3 is 2.50 bits per heavy atom. The molecule has 0 fully saturated rings. The van der Waals surface area contributed by atoms with Gasteiger partial charge in [0.05, 0.1) is 26.5 Å². The van der Waals surface area contributed by atoms with Crippen molar-refractivity contribution in [1.29, 1.82) is 0 Å². The number of benzene rings is 2. The number of aromatic hydroxyl groups is 1. The molecule has 0 radical (unpaired) electrons. The van der Waals surface area contributed by atoms with E-state index in [4.69, 9.17) is 9.47 Å². The molecule has 150 valence electrons. The van der Waals surface area contributed by atoms with Crippen molar-refractivity contribution in [1.82, 2.24) is 0 Å². The van der Waals surface area contributed by atoms with Gasteiger partial charge in [-0.25, -0.2) is 4.79 Å². The summed E-state index contributed by atoms with van der Waals surface area (Å²) in [4.78, 5) is 24.2. The number of phenols is 1. The van der Waals surface area contributed by atoms with Crippen LogP contribution in [0.3, 0.4) is 0 Å². The van der Waals surface area contributed by atoms with Gasteiger partial charge in [-0.3, -0.25) is 4.79 Å². The monoisotopic (exact) mass is 387 g/mol. The van der Waals surface area contributed by atoms with E-state index in [2.05, 4.69) is 23.9 Å². The highest BCUT2D eigenvalue weighted by atomic mass is 16.5. The highest BCUT2D eigenvalue weighted by molar-refractivity contribution is 6.06. The number of nitrogens with one attached hydrogen (secondary N) is 1. The van der Waals surface area contributed by atoms with Gasteiger partial charge >= 0.3 is 5.97 Å². The molecule has 0 aliphatic carbocycles. The quantitative estimate of drug-likeness (QED) is 0.528. The molecule has 0 spiro atoms. The molecule has 2 aromatic carbocycles. The molecular weight excluding hydrogens is 362 g/mol. The molecule has 0 saturated heterocycles. The third-order valence-corrected chi connectivity index (χ3v) is 4.07. The zero-order valence-corrected chi connectivity index (χ0v) is 16.4. The summed E-state index contributed by atoms with van der Waals surface area (Å²) in [5.41, 5.74) is 0.381. The minimum absolute atomic E-state index is 0.0354. The summed E-state index contributed by atoms with van der Waals surface area (Å²) < 4.78 is 15.6. The van der Waals surface area contributed by atoms with Crippen LogP contribution in [0.1, 0.15) is 41.0 Å². The number of hydrogen-bond acceptors (Lipinski definition) is 6. The molecule has 28 heavy (non-hydrogen) atoms. The second-order valence-electron chi connectivity index (χ2n) is 6.54. The Bertz CT molecular complexity index is 847. The molecule has 7 heteroatoms. The number of para-hydroxylation sites is 1. The van der Waals surface area contributed by atoms with E-state index in [1.807, 2.05) is 0 Å². The fourth-order valence-corrected chi connectivity index (χ4v) is 2.45. The number of methoxy groups -OCH3 is 2. The van der Waals surface area contributed by atoms with Gasteiger partial charge < -0.3 is 24.6 Å². The second-order valence-corrected chi connectivity index (χ2v) is 6.54. The van der Waals surface area contributed by atoms with E-state index in [0.29, 0.717) is 29.6 Å². The highest BCUT2D eigenvalue weighted by Gasteiger charge is 2.17. The highest BCUT2D eigenvalue weighted by Crippen LogP contribution is 2.31. The molecule has 0 saturated carbocycles. The second kappa shape index (κ2) is 9.64. The normalized spacial score (nSPS) is 10.5. The fourth-order valence-electron chi connectivity index (χ4n) is 2.45. The lowest BCUT2D eigenvalue weighted by molar-refractivity contribution is 0.0597. The molecule has 0 atom stereocenters. The maximum absolute atomic E-state index is 12.6. The van der Waals surface area contributed by atoms with E-state index in [1.165, 1.54) is 32.4 Å².